The van der Waals surface area contributed by atoms with Crippen molar-refractivity contribution in [2.24, 2.45) is 5.92 Å². The average molecular weight is 328 g/mol. The Morgan fingerprint density at radius 2 is 1.67 bits per heavy atom. The zero-order valence-electron chi connectivity index (χ0n) is 14.6. The lowest BCUT2D eigenvalue weighted by Gasteiger charge is -2.23. The molecule has 0 bridgehead atoms. The highest BCUT2D eigenvalue weighted by molar-refractivity contribution is 6.00. The Morgan fingerprint density at radius 3 is 2.33 bits per heavy atom. The van der Waals surface area contributed by atoms with E-state index in [1.54, 1.807) is 4.90 Å². The van der Waals surface area contributed by atoms with Crippen LogP contribution in [-0.4, -0.2) is 24.4 Å². The van der Waals surface area contributed by atoms with Crippen molar-refractivity contribution in [3.05, 3.63) is 29.8 Å². The SMILES string of the molecule is Cc1ccc(N2CC(C(=O)NC3CCCCCCC3)CC2=O)cc1. The van der Waals surface area contributed by atoms with Crippen molar-refractivity contribution in [2.75, 3.05) is 11.4 Å². The van der Waals surface area contributed by atoms with E-state index in [-0.39, 0.29) is 17.7 Å². The van der Waals surface area contributed by atoms with Gasteiger partial charge in [0, 0.05) is 24.7 Å². The Bertz CT molecular complexity index is 574. The van der Waals surface area contributed by atoms with Gasteiger partial charge in [-0.2, -0.15) is 0 Å². The fourth-order valence-corrected chi connectivity index (χ4v) is 3.78. The molecule has 1 heterocycles. The molecular weight excluding hydrogens is 300 g/mol. The molecule has 130 valence electrons. The first-order valence-corrected chi connectivity index (χ1v) is 9.31. The lowest BCUT2D eigenvalue weighted by Crippen LogP contribution is -2.40. The number of rotatable bonds is 3. The molecule has 0 radical (unpaired) electrons. The fourth-order valence-electron chi connectivity index (χ4n) is 3.78. The van der Waals surface area contributed by atoms with Crippen LogP contribution in [0.15, 0.2) is 24.3 Å². The zero-order chi connectivity index (χ0) is 16.9. The lowest BCUT2D eigenvalue weighted by atomic mass is 9.96. The highest BCUT2D eigenvalue weighted by Gasteiger charge is 2.35. The minimum atomic E-state index is -0.218. The first-order valence-electron chi connectivity index (χ1n) is 9.31. The van der Waals surface area contributed by atoms with E-state index in [0.717, 1.165) is 18.5 Å². The van der Waals surface area contributed by atoms with Crippen LogP contribution in [0, 0.1) is 12.8 Å². The summed E-state index contributed by atoms with van der Waals surface area (Å²) in [7, 11) is 0. The summed E-state index contributed by atoms with van der Waals surface area (Å²) in [4.78, 5) is 26.7. The van der Waals surface area contributed by atoms with E-state index in [4.69, 9.17) is 0 Å². The zero-order valence-corrected chi connectivity index (χ0v) is 14.6. The van der Waals surface area contributed by atoms with Gasteiger partial charge in [0.25, 0.3) is 0 Å². The van der Waals surface area contributed by atoms with E-state index in [0.29, 0.717) is 19.0 Å². The topological polar surface area (TPSA) is 49.4 Å². The third-order valence-corrected chi connectivity index (χ3v) is 5.29. The number of hydrogen-bond acceptors (Lipinski definition) is 2. The van der Waals surface area contributed by atoms with Crippen molar-refractivity contribution in [2.45, 2.75) is 64.3 Å². The lowest BCUT2D eigenvalue weighted by molar-refractivity contribution is -0.127. The van der Waals surface area contributed by atoms with Crippen LogP contribution in [0.2, 0.25) is 0 Å². The molecule has 24 heavy (non-hydrogen) atoms. The molecule has 1 atom stereocenters. The van der Waals surface area contributed by atoms with E-state index in [9.17, 15) is 9.59 Å². The molecule has 0 aromatic heterocycles. The third-order valence-electron chi connectivity index (χ3n) is 5.29. The smallest absolute Gasteiger partial charge is 0.227 e. The summed E-state index contributed by atoms with van der Waals surface area (Å²) < 4.78 is 0. The molecule has 0 spiro atoms. The van der Waals surface area contributed by atoms with Crippen molar-refractivity contribution >= 4 is 17.5 Å². The van der Waals surface area contributed by atoms with E-state index in [1.165, 1.54) is 37.7 Å². The molecule has 1 saturated carbocycles. The summed E-state index contributed by atoms with van der Waals surface area (Å²) in [5.74, 6) is -0.107. The van der Waals surface area contributed by atoms with E-state index in [2.05, 4.69) is 5.32 Å². The predicted molar refractivity (Wildman–Crippen MR) is 95.9 cm³/mol. The number of carbonyl (C=O) groups excluding carboxylic acids is 2. The van der Waals surface area contributed by atoms with Gasteiger partial charge in [0.1, 0.15) is 0 Å². The molecule has 3 rings (SSSR count). The minimum Gasteiger partial charge on any atom is -0.353 e. The molecule has 1 aromatic rings. The van der Waals surface area contributed by atoms with Crippen LogP contribution in [0.5, 0.6) is 0 Å². The van der Waals surface area contributed by atoms with Crippen LogP contribution in [0.4, 0.5) is 5.69 Å². The van der Waals surface area contributed by atoms with Crippen molar-refractivity contribution < 1.29 is 9.59 Å². The molecule has 1 aliphatic heterocycles. The largest absolute Gasteiger partial charge is 0.353 e. The summed E-state index contributed by atoms with van der Waals surface area (Å²) >= 11 is 0. The molecule has 1 N–H and O–H groups in total. The summed E-state index contributed by atoms with van der Waals surface area (Å²) in [6.45, 7) is 2.53. The van der Waals surface area contributed by atoms with Crippen LogP contribution < -0.4 is 10.2 Å². The van der Waals surface area contributed by atoms with Crippen LogP contribution in [0.25, 0.3) is 0 Å². The highest BCUT2D eigenvalue weighted by Crippen LogP contribution is 2.26. The Balaban J connectivity index is 1.58. The van der Waals surface area contributed by atoms with Gasteiger partial charge in [0.05, 0.1) is 5.92 Å². The van der Waals surface area contributed by atoms with Crippen LogP contribution in [0.1, 0.15) is 56.9 Å². The number of carbonyl (C=O) groups is 2. The molecule has 2 amide bonds. The first kappa shape index (κ1) is 17.0. The normalized spacial score (nSPS) is 23.0. The number of nitrogens with zero attached hydrogens (tertiary/aromatic N) is 1. The van der Waals surface area contributed by atoms with E-state index in [1.807, 2.05) is 31.2 Å². The minimum absolute atomic E-state index is 0.0525. The van der Waals surface area contributed by atoms with Gasteiger partial charge in [0.2, 0.25) is 11.8 Å². The van der Waals surface area contributed by atoms with Gasteiger partial charge >= 0.3 is 0 Å². The number of hydrogen-bond donors (Lipinski definition) is 1. The number of nitrogens with one attached hydrogen (secondary N) is 1. The van der Waals surface area contributed by atoms with Gasteiger partial charge in [-0.1, -0.05) is 49.8 Å². The second-order valence-electron chi connectivity index (χ2n) is 7.29. The molecule has 4 heteroatoms. The third kappa shape index (κ3) is 4.16. The monoisotopic (exact) mass is 328 g/mol. The van der Waals surface area contributed by atoms with Gasteiger partial charge in [0.15, 0.2) is 0 Å². The van der Waals surface area contributed by atoms with Crippen LogP contribution in [0.3, 0.4) is 0 Å². The van der Waals surface area contributed by atoms with Gasteiger partial charge in [-0.05, 0) is 31.9 Å². The van der Waals surface area contributed by atoms with Gasteiger partial charge in [-0.3, -0.25) is 9.59 Å². The highest BCUT2D eigenvalue weighted by atomic mass is 16.2. The maximum absolute atomic E-state index is 12.6. The molecule has 1 aliphatic carbocycles. The molecule has 1 aromatic carbocycles. The Hall–Kier alpha value is -1.84. The molecular formula is C20H28N2O2. The maximum atomic E-state index is 12.6. The van der Waals surface area contributed by atoms with Crippen LogP contribution >= 0.6 is 0 Å². The van der Waals surface area contributed by atoms with Crippen molar-refractivity contribution in [3.8, 4) is 0 Å². The average Bonchev–Trinajstić information content (AvgIpc) is 2.92. The van der Waals surface area contributed by atoms with Crippen molar-refractivity contribution in [3.63, 3.8) is 0 Å². The summed E-state index contributed by atoms with van der Waals surface area (Å²) in [5, 5.41) is 3.21. The van der Waals surface area contributed by atoms with Crippen molar-refractivity contribution in [1.29, 1.82) is 0 Å². The molecule has 4 nitrogen and oxygen atoms in total. The Labute approximate surface area is 144 Å². The fraction of sp³-hybridized carbons (Fsp3) is 0.600. The number of aryl methyl sites for hydroxylation is 1. The Morgan fingerprint density at radius 1 is 1.04 bits per heavy atom. The number of anilines is 1. The molecule has 1 unspecified atom stereocenters. The van der Waals surface area contributed by atoms with Gasteiger partial charge in [-0.25, -0.2) is 0 Å². The van der Waals surface area contributed by atoms with Gasteiger partial charge in [-0.15, -0.1) is 0 Å². The molecule has 2 fully saturated rings. The molecule has 2 aliphatic rings. The van der Waals surface area contributed by atoms with Crippen molar-refractivity contribution in [1.82, 2.24) is 5.32 Å². The maximum Gasteiger partial charge on any atom is 0.227 e. The second-order valence-corrected chi connectivity index (χ2v) is 7.29. The van der Waals surface area contributed by atoms with E-state index < -0.39 is 0 Å². The number of benzene rings is 1. The predicted octanol–water partition coefficient (Wildman–Crippen LogP) is 3.58. The van der Waals surface area contributed by atoms with Crippen LogP contribution in [-0.2, 0) is 9.59 Å². The summed E-state index contributed by atoms with van der Waals surface area (Å²) in [6.07, 6.45) is 8.75. The summed E-state index contributed by atoms with van der Waals surface area (Å²) in [5.41, 5.74) is 2.07. The second kappa shape index (κ2) is 7.82. The molecule has 1 saturated heterocycles. The standard InChI is InChI=1S/C20H28N2O2/c1-15-9-11-18(12-10-15)22-14-16(13-19(22)23)20(24)21-17-7-5-3-2-4-6-8-17/h9-12,16-17H,2-8,13-14H2,1H3,(H,21,24). The summed E-state index contributed by atoms with van der Waals surface area (Å²) in [6, 6.07) is 8.22. The van der Waals surface area contributed by atoms with E-state index >= 15 is 0 Å². The Kier molecular flexibility index (Phi) is 5.54. The quantitative estimate of drug-likeness (QED) is 0.922. The first-order chi connectivity index (χ1) is 11.6. The number of amides is 2. The van der Waals surface area contributed by atoms with Gasteiger partial charge < -0.3 is 10.2 Å².